The number of hydrogen-bond donors (Lipinski definition) is 1. The van der Waals surface area contributed by atoms with Gasteiger partial charge in [0.2, 0.25) is 0 Å². The minimum Gasteiger partial charge on any atom is -0.352 e. The Labute approximate surface area is 153 Å². The van der Waals surface area contributed by atoms with Gasteiger partial charge in [0, 0.05) is 26.7 Å². The second-order valence-corrected chi connectivity index (χ2v) is 9.65. The summed E-state index contributed by atoms with van der Waals surface area (Å²) in [6.07, 6.45) is 3.15. The maximum absolute atomic E-state index is 12.2. The molecule has 0 radical (unpaired) electrons. The van der Waals surface area contributed by atoms with Crippen LogP contribution in [0.25, 0.3) is 5.69 Å². The summed E-state index contributed by atoms with van der Waals surface area (Å²) in [5.74, 6) is 0.862. The Morgan fingerprint density at radius 1 is 1.31 bits per heavy atom. The van der Waals surface area contributed by atoms with E-state index < -0.39 is 14.6 Å². The van der Waals surface area contributed by atoms with E-state index in [1.54, 1.807) is 31.9 Å². The molecule has 1 saturated heterocycles. The molecule has 2 heterocycles. The van der Waals surface area contributed by atoms with E-state index in [1.807, 2.05) is 29.2 Å². The molecule has 3 rings (SSSR count). The smallest absolute Gasteiger partial charge is 0.193 e. The van der Waals surface area contributed by atoms with Gasteiger partial charge in [0.1, 0.15) is 12.7 Å². The molecule has 0 unspecified atom stereocenters. The summed E-state index contributed by atoms with van der Waals surface area (Å²) >= 11 is 0. The number of nitrogens with one attached hydrogen (secondary N) is 1. The Balaban J connectivity index is 1.63. The van der Waals surface area contributed by atoms with Crippen molar-refractivity contribution in [3.8, 4) is 5.69 Å². The zero-order chi connectivity index (χ0) is 18.8. The van der Waals surface area contributed by atoms with E-state index in [-0.39, 0.29) is 5.75 Å². The SMILES string of the molecule is CN=C(NCc1ccc(-n2cncn2)cc1)N1CCS(=O)(=O)C(C)(C)C1. The third kappa shape index (κ3) is 3.72. The Morgan fingerprint density at radius 2 is 2.04 bits per heavy atom. The molecular weight excluding hydrogens is 352 g/mol. The van der Waals surface area contributed by atoms with Crippen molar-refractivity contribution < 1.29 is 8.42 Å². The van der Waals surface area contributed by atoms with Gasteiger partial charge in [-0.25, -0.2) is 18.1 Å². The highest BCUT2D eigenvalue weighted by Gasteiger charge is 2.40. The summed E-state index contributed by atoms with van der Waals surface area (Å²) in [5, 5.41) is 7.43. The van der Waals surface area contributed by atoms with Crippen molar-refractivity contribution in [1.29, 1.82) is 0 Å². The van der Waals surface area contributed by atoms with Crippen molar-refractivity contribution >= 4 is 15.8 Å². The number of sulfone groups is 1. The molecule has 9 heteroatoms. The molecular formula is C17H24N6O2S. The molecule has 1 fully saturated rings. The van der Waals surface area contributed by atoms with E-state index in [0.29, 0.717) is 25.6 Å². The second-order valence-electron chi connectivity index (χ2n) is 6.91. The van der Waals surface area contributed by atoms with Gasteiger partial charge in [-0.05, 0) is 31.5 Å². The maximum Gasteiger partial charge on any atom is 0.193 e. The van der Waals surface area contributed by atoms with E-state index in [1.165, 1.54) is 6.33 Å². The highest BCUT2D eigenvalue weighted by atomic mass is 32.2. The predicted molar refractivity (Wildman–Crippen MR) is 101 cm³/mol. The number of aliphatic imine (C=N–C) groups is 1. The predicted octanol–water partition coefficient (Wildman–Crippen LogP) is 0.852. The minimum atomic E-state index is -3.07. The Bertz CT molecular complexity index is 872. The number of nitrogens with zero attached hydrogens (tertiary/aromatic N) is 5. The maximum atomic E-state index is 12.2. The first-order valence-electron chi connectivity index (χ1n) is 8.44. The van der Waals surface area contributed by atoms with Crippen LogP contribution in [0.4, 0.5) is 0 Å². The van der Waals surface area contributed by atoms with Crippen LogP contribution in [0.1, 0.15) is 19.4 Å². The van der Waals surface area contributed by atoms with E-state index in [2.05, 4.69) is 20.4 Å². The van der Waals surface area contributed by atoms with Crippen LogP contribution in [0.5, 0.6) is 0 Å². The Hall–Kier alpha value is -2.42. The van der Waals surface area contributed by atoms with Crippen LogP contribution < -0.4 is 5.32 Å². The third-order valence-corrected chi connectivity index (χ3v) is 7.16. The zero-order valence-corrected chi connectivity index (χ0v) is 16.1. The highest BCUT2D eigenvalue weighted by molar-refractivity contribution is 7.92. The van der Waals surface area contributed by atoms with Gasteiger partial charge in [-0.3, -0.25) is 4.99 Å². The van der Waals surface area contributed by atoms with E-state index in [4.69, 9.17) is 0 Å². The van der Waals surface area contributed by atoms with Crippen LogP contribution in [0.3, 0.4) is 0 Å². The lowest BCUT2D eigenvalue weighted by atomic mass is 10.2. The van der Waals surface area contributed by atoms with Crippen molar-refractivity contribution in [2.75, 3.05) is 25.9 Å². The molecule has 2 aromatic rings. The van der Waals surface area contributed by atoms with Crippen molar-refractivity contribution in [2.24, 2.45) is 4.99 Å². The highest BCUT2D eigenvalue weighted by Crippen LogP contribution is 2.23. The molecule has 26 heavy (non-hydrogen) atoms. The average molecular weight is 376 g/mol. The largest absolute Gasteiger partial charge is 0.352 e. The van der Waals surface area contributed by atoms with Crippen molar-refractivity contribution in [3.05, 3.63) is 42.5 Å². The topological polar surface area (TPSA) is 92.5 Å². The van der Waals surface area contributed by atoms with Gasteiger partial charge in [-0.15, -0.1) is 0 Å². The van der Waals surface area contributed by atoms with E-state index in [9.17, 15) is 8.42 Å². The molecule has 1 aliphatic heterocycles. The van der Waals surface area contributed by atoms with Crippen molar-refractivity contribution in [1.82, 2.24) is 25.0 Å². The minimum absolute atomic E-state index is 0.146. The molecule has 8 nitrogen and oxygen atoms in total. The molecule has 0 spiro atoms. The Morgan fingerprint density at radius 3 is 2.62 bits per heavy atom. The first-order valence-corrected chi connectivity index (χ1v) is 10.1. The summed E-state index contributed by atoms with van der Waals surface area (Å²) in [6, 6.07) is 7.99. The number of aromatic nitrogens is 3. The summed E-state index contributed by atoms with van der Waals surface area (Å²) in [4.78, 5) is 10.3. The summed E-state index contributed by atoms with van der Waals surface area (Å²) in [5.41, 5.74) is 2.04. The lowest BCUT2D eigenvalue weighted by Crippen LogP contribution is -2.57. The normalized spacial score (nSPS) is 19.3. The molecule has 0 bridgehead atoms. The van der Waals surface area contributed by atoms with E-state index in [0.717, 1.165) is 11.3 Å². The molecule has 1 aliphatic rings. The van der Waals surface area contributed by atoms with Gasteiger partial charge in [-0.2, -0.15) is 5.10 Å². The van der Waals surface area contributed by atoms with Gasteiger partial charge in [-0.1, -0.05) is 12.1 Å². The van der Waals surface area contributed by atoms with Crippen LogP contribution in [0.15, 0.2) is 41.9 Å². The molecule has 1 aromatic heterocycles. The fourth-order valence-corrected chi connectivity index (χ4v) is 4.31. The monoisotopic (exact) mass is 376 g/mol. The molecule has 1 N–H and O–H groups in total. The van der Waals surface area contributed by atoms with Crippen LogP contribution in [-0.2, 0) is 16.4 Å². The van der Waals surface area contributed by atoms with Crippen LogP contribution >= 0.6 is 0 Å². The van der Waals surface area contributed by atoms with Gasteiger partial charge < -0.3 is 10.2 Å². The van der Waals surface area contributed by atoms with Gasteiger partial charge >= 0.3 is 0 Å². The molecule has 1 aromatic carbocycles. The lowest BCUT2D eigenvalue weighted by Gasteiger charge is -2.39. The zero-order valence-electron chi connectivity index (χ0n) is 15.3. The molecule has 0 aliphatic carbocycles. The van der Waals surface area contributed by atoms with Crippen LogP contribution in [0.2, 0.25) is 0 Å². The number of guanidine groups is 1. The second kappa shape index (κ2) is 7.06. The van der Waals surface area contributed by atoms with Crippen LogP contribution in [0, 0.1) is 0 Å². The molecule has 0 amide bonds. The van der Waals surface area contributed by atoms with Crippen molar-refractivity contribution in [2.45, 2.75) is 25.1 Å². The molecule has 0 saturated carbocycles. The van der Waals surface area contributed by atoms with Gasteiger partial charge in [0.15, 0.2) is 15.8 Å². The summed E-state index contributed by atoms with van der Waals surface area (Å²) in [6.45, 7) is 5.03. The fraction of sp³-hybridized carbons (Fsp3) is 0.471. The van der Waals surface area contributed by atoms with Gasteiger partial charge in [0.25, 0.3) is 0 Å². The van der Waals surface area contributed by atoms with Crippen LogP contribution in [-0.4, -0.2) is 64.7 Å². The molecule has 140 valence electrons. The average Bonchev–Trinajstić information content (AvgIpc) is 3.13. The third-order valence-electron chi connectivity index (χ3n) is 4.63. The Kier molecular flexibility index (Phi) is 4.99. The quantitative estimate of drug-likeness (QED) is 0.631. The number of hydrogen-bond acceptors (Lipinski definition) is 5. The first kappa shape index (κ1) is 18.4. The van der Waals surface area contributed by atoms with Crippen molar-refractivity contribution in [3.63, 3.8) is 0 Å². The number of rotatable bonds is 3. The lowest BCUT2D eigenvalue weighted by molar-refractivity contribution is 0.353. The fourth-order valence-electron chi connectivity index (χ4n) is 2.95. The summed E-state index contributed by atoms with van der Waals surface area (Å²) in [7, 11) is -1.35. The van der Waals surface area contributed by atoms with Gasteiger partial charge in [0.05, 0.1) is 16.2 Å². The number of benzene rings is 1. The molecule has 0 atom stereocenters. The standard InChI is InChI=1S/C17H24N6O2S/c1-17(2)11-22(8-9-26(17,24)25)16(18-3)20-10-14-4-6-15(7-5-14)23-13-19-12-21-23/h4-7,12-13H,8-11H2,1-3H3,(H,18,20). The van der Waals surface area contributed by atoms with E-state index >= 15 is 0 Å². The first-order chi connectivity index (χ1) is 12.3. The summed E-state index contributed by atoms with van der Waals surface area (Å²) < 4.78 is 25.3.